The molecule has 3 atom stereocenters. The average Bonchev–Trinajstić information content (AvgIpc) is 2.80. The molecule has 36 heavy (non-hydrogen) atoms. The van der Waals surface area contributed by atoms with Crippen molar-refractivity contribution in [2.24, 2.45) is 0 Å². The molecule has 2 aliphatic heterocycles. The highest BCUT2D eigenvalue weighted by Gasteiger charge is 2.63. The number of ether oxygens (including phenoxy) is 2. The highest BCUT2D eigenvalue weighted by molar-refractivity contribution is 6.73. The quantitative estimate of drug-likeness (QED) is 0.122. The first kappa shape index (κ1) is 31.4. The van der Waals surface area contributed by atoms with E-state index in [1.807, 2.05) is 6.08 Å². The molecule has 5 nitrogen and oxygen atoms in total. The van der Waals surface area contributed by atoms with Crippen LogP contribution in [0.2, 0.25) is 10.1 Å². The largest absolute Gasteiger partial charge is 0.493 e. The number of carbonyl (C=O) groups excluding carboxylic acids is 1. The van der Waals surface area contributed by atoms with Crippen molar-refractivity contribution in [1.82, 2.24) is 0 Å². The predicted molar refractivity (Wildman–Crippen MR) is 150 cm³/mol. The van der Waals surface area contributed by atoms with E-state index in [0.717, 1.165) is 12.8 Å². The Morgan fingerprint density at radius 1 is 0.833 bits per heavy atom. The van der Waals surface area contributed by atoms with Gasteiger partial charge in [0.1, 0.15) is 12.2 Å². The fourth-order valence-corrected chi connectivity index (χ4v) is 10.8. The minimum atomic E-state index is -2.65. The Morgan fingerprint density at radius 2 is 1.33 bits per heavy atom. The van der Waals surface area contributed by atoms with Crippen LogP contribution >= 0.6 is 0 Å². The van der Waals surface area contributed by atoms with Gasteiger partial charge in [0.15, 0.2) is 6.10 Å². The summed E-state index contributed by atoms with van der Waals surface area (Å²) in [5.74, 6) is -0.137. The molecule has 0 bridgehead atoms. The Morgan fingerprint density at radius 3 is 1.83 bits per heavy atom. The molecule has 0 aromatic carbocycles. The van der Waals surface area contributed by atoms with Gasteiger partial charge in [0.05, 0.1) is 12.9 Å². The summed E-state index contributed by atoms with van der Waals surface area (Å²) in [6.07, 6.45) is 19.8. The van der Waals surface area contributed by atoms with Crippen molar-refractivity contribution >= 4 is 14.5 Å². The van der Waals surface area contributed by atoms with Gasteiger partial charge in [-0.1, -0.05) is 126 Å². The number of unbranched alkanes of at least 4 members (excludes halogenated alkanes) is 12. The van der Waals surface area contributed by atoms with Gasteiger partial charge in [0.2, 0.25) is 0 Å². The van der Waals surface area contributed by atoms with Gasteiger partial charge in [-0.15, -0.1) is 0 Å². The second-order valence-electron chi connectivity index (χ2n) is 13.0. The number of fused-ring (bicyclic) bond motifs is 1. The van der Waals surface area contributed by atoms with Crippen LogP contribution in [0.1, 0.15) is 138 Å². The van der Waals surface area contributed by atoms with Gasteiger partial charge in [0, 0.05) is 16.5 Å². The monoisotopic (exact) mass is 524 g/mol. The van der Waals surface area contributed by atoms with Crippen LogP contribution in [0, 0.1) is 0 Å². The Bertz CT molecular complexity index is 649. The third-order valence-corrected chi connectivity index (χ3v) is 12.8. The van der Waals surface area contributed by atoms with Crippen LogP contribution < -0.4 is 0 Å². The fourth-order valence-electron chi connectivity index (χ4n) is 5.84. The van der Waals surface area contributed by atoms with Gasteiger partial charge in [-0.05, 0) is 12.5 Å². The molecule has 0 aromatic rings. The normalized spacial score (nSPS) is 23.7. The molecule has 0 radical (unpaired) electrons. The molecule has 0 aliphatic carbocycles. The summed E-state index contributed by atoms with van der Waals surface area (Å²) in [6.45, 7) is 15.9. The SMILES string of the molecule is CCCCCCCCCCCCCCCC(=O)O[C@H]1C=CO[C@@H]2CO[Si](C(C)(C)C)(C(C)(C)C)O[C@@H]12. The Kier molecular flexibility index (Phi) is 13.0. The van der Waals surface area contributed by atoms with Crippen LogP contribution in [0.5, 0.6) is 0 Å². The highest BCUT2D eigenvalue weighted by Crippen LogP contribution is 2.54. The first-order chi connectivity index (χ1) is 17.0. The number of hydrogen-bond acceptors (Lipinski definition) is 5. The lowest BCUT2D eigenvalue weighted by Gasteiger charge is -2.55. The van der Waals surface area contributed by atoms with E-state index < -0.39 is 14.7 Å². The van der Waals surface area contributed by atoms with Crippen molar-refractivity contribution in [1.29, 1.82) is 0 Å². The summed E-state index contributed by atoms with van der Waals surface area (Å²) in [5, 5.41) is -0.249. The summed E-state index contributed by atoms with van der Waals surface area (Å²) >= 11 is 0. The number of hydrogen-bond donors (Lipinski definition) is 0. The van der Waals surface area contributed by atoms with E-state index in [9.17, 15) is 4.79 Å². The zero-order chi connectivity index (χ0) is 26.7. The summed E-state index contributed by atoms with van der Waals surface area (Å²) in [5.41, 5.74) is 0. The molecule has 2 heterocycles. The van der Waals surface area contributed by atoms with Crippen LogP contribution in [0.15, 0.2) is 12.3 Å². The highest BCUT2D eigenvalue weighted by atomic mass is 28.4. The first-order valence-corrected chi connectivity index (χ1v) is 16.7. The topological polar surface area (TPSA) is 54.0 Å². The molecule has 2 aliphatic rings. The molecule has 6 heteroatoms. The van der Waals surface area contributed by atoms with Crippen molar-refractivity contribution < 1.29 is 23.1 Å². The molecule has 210 valence electrons. The lowest BCUT2D eigenvalue weighted by molar-refractivity contribution is -0.166. The summed E-state index contributed by atoms with van der Waals surface area (Å²) in [7, 11) is -2.65. The van der Waals surface area contributed by atoms with E-state index in [-0.39, 0.29) is 28.3 Å². The van der Waals surface area contributed by atoms with Crippen molar-refractivity contribution in [2.45, 2.75) is 167 Å². The molecule has 2 rings (SSSR count). The Balaban J connectivity index is 1.68. The van der Waals surface area contributed by atoms with Crippen LogP contribution in [0.3, 0.4) is 0 Å². The lowest BCUT2D eigenvalue weighted by Crippen LogP contribution is -2.67. The van der Waals surface area contributed by atoms with Gasteiger partial charge in [-0.2, -0.15) is 0 Å². The molecular weight excluding hydrogens is 468 g/mol. The molecule has 1 fully saturated rings. The van der Waals surface area contributed by atoms with E-state index in [4.69, 9.17) is 18.3 Å². The maximum absolute atomic E-state index is 12.7. The van der Waals surface area contributed by atoms with Crippen LogP contribution in [0.25, 0.3) is 0 Å². The molecule has 0 N–H and O–H groups in total. The van der Waals surface area contributed by atoms with Gasteiger partial charge in [-0.3, -0.25) is 4.79 Å². The summed E-state index contributed by atoms with van der Waals surface area (Å²) < 4.78 is 25.0. The predicted octanol–water partition coefficient (Wildman–Crippen LogP) is 8.75. The molecule has 0 aromatic heterocycles. The van der Waals surface area contributed by atoms with Crippen molar-refractivity contribution in [3.63, 3.8) is 0 Å². The van der Waals surface area contributed by atoms with Crippen molar-refractivity contribution in [3.8, 4) is 0 Å². The van der Waals surface area contributed by atoms with Gasteiger partial charge >= 0.3 is 14.5 Å². The first-order valence-electron chi connectivity index (χ1n) is 14.9. The molecule has 0 spiro atoms. The maximum atomic E-state index is 12.7. The second-order valence-corrected chi connectivity index (χ2v) is 17.7. The van der Waals surface area contributed by atoms with Crippen molar-refractivity contribution in [3.05, 3.63) is 12.3 Å². The molecule has 1 saturated heterocycles. The molecule has 0 unspecified atom stereocenters. The Labute approximate surface area is 223 Å². The van der Waals surface area contributed by atoms with E-state index >= 15 is 0 Å². The average molecular weight is 525 g/mol. The number of carbonyl (C=O) groups is 1. The summed E-state index contributed by atoms with van der Waals surface area (Å²) in [6, 6.07) is 0. The summed E-state index contributed by atoms with van der Waals surface area (Å²) in [4.78, 5) is 12.7. The van der Waals surface area contributed by atoms with Gasteiger partial charge in [-0.25, -0.2) is 0 Å². The standard InChI is InChI=1S/C30H56O5Si/c1-8-9-10-11-12-13-14-15-16-17-18-19-20-21-27(31)34-25-22-23-32-26-24-33-36(29(2,3)4,30(5,6)7)35-28(25)26/h22-23,25-26,28H,8-21,24H2,1-7H3/t25-,26+,28-/m0/s1. The van der Waals surface area contributed by atoms with E-state index in [2.05, 4.69) is 48.5 Å². The third-order valence-electron chi connectivity index (χ3n) is 7.69. The number of rotatable bonds is 15. The van der Waals surface area contributed by atoms with E-state index in [0.29, 0.717) is 13.0 Å². The minimum absolute atomic E-state index is 0.124. The van der Waals surface area contributed by atoms with Crippen molar-refractivity contribution in [2.75, 3.05) is 6.61 Å². The zero-order valence-corrected chi connectivity index (χ0v) is 25.5. The molecule has 0 amide bonds. The van der Waals surface area contributed by atoms with E-state index in [1.54, 1.807) is 6.26 Å². The van der Waals surface area contributed by atoms with E-state index in [1.165, 1.54) is 70.6 Å². The van der Waals surface area contributed by atoms with Gasteiger partial charge < -0.3 is 18.3 Å². The van der Waals surface area contributed by atoms with Crippen LogP contribution in [-0.2, 0) is 23.1 Å². The zero-order valence-electron chi connectivity index (χ0n) is 24.5. The van der Waals surface area contributed by atoms with Crippen LogP contribution in [-0.4, -0.2) is 39.4 Å². The second kappa shape index (κ2) is 14.9. The lowest BCUT2D eigenvalue weighted by atomic mass is 10.0. The van der Waals surface area contributed by atoms with Crippen LogP contribution in [0.4, 0.5) is 0 Å². The Hall–Kier alpha value is -0.853. The smallest absolute Gasteiger partial charge is 0.349 e. The maximum Gasteiger partial charge on any atom is 0.349 e. The molecular formula is C30H56O5Si. The van der Waals surface area contributed by atoms with Gasteiger partial charge in [0.25, 0.3) is 0 Å². The number of esters is 1. The minimum Gasteiger partial charge on any atom is -0.493 e. The molecule has 0 saturated carbocycles. The fraction of sp³-hybridized carbons (Fsp3) is 0.900. The third kappa shape index (κ3) is 9.16.